The number of amides is 1. The molecule has 6 heteroatoms. The van der Waals surface area contributed by atoms with Gasteiger partial charge in [-0.2, -0.15) is 5.10 Å². The van der Waals surface area contributed by atoms with Crippen molar-refractivity contribution in [2.24, 2.45) is 5.41 Å². The third-order valence-electron chi connectivity index (χ3n) is 3.87. The first-order chi connectivity index (χ1) is 9.77. The molecule has 1 fully saturated rings. The van der Waals surface area contributed by atoms with Gasteiger partial charge in [0.25, 0.3) is 0 Å². The highest BCUT2D eigenvalue weighted by molar-refractivity contribution is 5.82. The number of carbonyl (C=O) groups is 1. The Balaban J connectivity index is 1.76. The molecule has 1 amide bonds. The van der Waals surface area contributed by atoms with Crippen LogP contribution >= 0.6 is 0 Å². The van der Waals surface area contributed by atoms with Crippen LogP contribution in [0.25, 0.3) is 0 Å². The van der Waals surface area contributed by atoms with E-state index in [-0.39, 0.29) is 11.3 Å². The van der Waals surface area contributed by atoms with Crippen molar-refractivity contribution in [3.05, 3.63) is 18.5 Å². The first-order valence-corrected chi connectivity index (χ1v) is 7.22. The Morgan fingerprint density at radius 2 is 2.30 bits per heavy atom. The summed E-state index contributed by atoms with van der Waals surface area (Å²) in [6, 6.07) is 1.90. The van der Waals surface area contributed by atoms with Gasteiger partial charge >= 0.3 is 0 Å². The Hall–Kier alpha value is -1.40. The van der Waals surface area contributed by atoms with Gasteiger partial charge in [0.1, 0.15) is 0 Å². The number of nitrogens with zero attached hydrogens (tertiary/aromatic N) is 2. The van der Waals surface area contributed by atoms with Crippen LogP contribution in [0.3, 0.4) is 0 Å². The third-order valence-corrected chi connectivity index (χ3v) is 3.87. The van der Waals surface area contributed by atoms with E-state index in [0.29, 0.717) is 13.2 Å². The molecule has 1 aromatic rings. The van der Waals surface area contributed by atoms with Crippen LogP contribution in [0.15, 0.2) is 18.5 Å². The fourth-order valence-electron chi connectivity index (χ4n) is 2.68. The number of hydrogen-bond donors (Lipinski definition) is 2. The van der Waals surface area contributed by atoms with Gasteiger partial charge in [-0.1, -0.05) is 0 Å². The molecule has 0 radical (unpaired) electrons. The van der Waals surface area contributed by atoms with Gasteiger partial charge in [0.2, 0.25) is 5.91 Å². The third kappa shape index (κ3) is 3.80. The van der Waals surface area contributed by atoms with Crippen molar-refractivity contribution in [3.63, 3.8) is 0 Å². The molecule has 112 valence electrons. The van der Waals surface area contributed by atoms with Gasteiger partial charge in [0, 0.05) is 32.6 Å². The van der Waals surface area contributed by atoms with Crippen LogP contribution in [0.4, 0.5) is 0 Å². The second kappa shape index (κ2) is 7.40. The highest BCUT2D eigenvalue weighted by atomic mass is 16.5. The molecule has 6 nitrogen and oxygen atoms in total. The van der Waals surface area contributed by atoms with Gasteiger partial charge < -0.3 is 15.4 Å². The normalized spacial score (nSPS) is 17.9. The van der Waals surface area contributed by atoms with Gasteiger partial charge in [-0.05, 0) is 38.4 Å². The molecule has 2 heterocycles. The first-order valence-electron chi connectivity index (χ1n) is 7.22. The van der Waals surface area contributed by atoms with Crippen molar-refractivity contribution in [1.82, 2.24) is 20.4 Å². The lowest BCUT2D eigenvalue weighted by Gasteiger charge is -2.35. The average Bonchev–Trinajstić information content (AvgIpc) is 2.98. The van der Waals surface area contributed by atoms with Crippen LogP contribution in [0, 0.1) is 5.41 Å². The first kappa shape index (κ1) is 15.0. The fraction of sp³-hybridized carbons (Fsp3) is 0.714. The van der Waals surface area contributed by atoms with E-state index < -0.39 is 0 Å². The summed E-state index contributed by atoms with van der Waals surface area (Å²) in [6.45, 7) is 3.76. The van der Waals surface area contributed by atoms with E-state index >= 15 is 0 Å². The average molecular weight is 280 g/mol. The lowest BCUT2D eigenvalue weighted by Crippen LogP contribution is -2.50. The number of rotatable bonds is 7. The number of piperidine rings is 1. The van der Waals surface area contributed by atoms with E-state index in [0.717, 1.165) is 38.9 Å². The number of aryl methyl sites for hydroxylation is 1. The lowest BCUT2D eigenvalue weighted by molar-refractivity contribution is -0.136. The summed E-state index contributed by atoms with van der Waals surface area (Å²) in [5.41, 5.74) is -0.355. The zero-order valence-corrected chi connectivity index (χ0v) is 12.1. The number of carbonyl (C=O) groups excluding carboxylic acids is 1. The number of methoxy groups -OCH3 is 1. The van der Waals surface area contributed by atoms with Crippen molar-refractivity contribution in [3.8, 4) is 0 Å². The van der Waals surface area contributed by atoms with Crippen LogP contribution in [0.1, 0.15) is 19.3 Å². The summed E-state index contributed by atoms with van der Waals surface area (Å²) < 4.78 is 7.14. The van der Waals surface area contributed by atoms with E-state index in [9.17, 15) is 4.79 Å². The van der Waals surface area contributed by atoms with Crippen LogP contribution in [0.2, 0.25) is 0 Å². The van der Waals surface area contributed by atoms with Crippen LogP contribution in [0.5, 0.6) is 0 Å². The molecule has 0 aromatic carbocycles. The Morgan fingerprint density at radius 1 is 1.50 bits per heavy atom. The summed E-state index contributed by atoms with van der Waals surface area (Å²) in [5.74, 6) is 0.126. The van der Waals surface area contributed by atoms with Crippen molar-refractivity contribution in [2.75, 3.05) is 33.4 Å². The molecule has 20 heavy (non-hydrogen) atoms. The number of hydrogen-bond acceptors (Lipinski definition) is 4. The summed E-state index contributed by atoms with van der Waals surface area (Å²) in [4.78, 5) is 12.4. The zero-order valence-electron chi connectivity index (χ0n) is 12.1. The van der Waals surface area contributed by atoms with Crippen LogP contribution in [-0.4, -0.2) is 49.0 Å². The highest BCUT2D eigenvalue weighted by Crippen LogP contribution is 2.29. The van der Waals surface area contributed by atoms with E-state index in [4.69, 9.17) is 4.74 Å². The Kier molecular flexibility index (Phi) is 5.55. The smallest absolute Gasteiger partial charge is 0.228 e. The molecule has 2 rings (SSSR count). The van der Waals surface area contributed by atoms with Crippen LogP contribution in [-0.2, 0) is 16.1 Å². The highest BCUT2D eigenvalue weighted by Gasteiger charge is 2.39. The molecule has 2 N–H and O–H groups in total. The number of ether oxygens (including phenoxy) is 1. The number of aromatic nitrogens is 2. The summed E-state index contributed by atoms with van der Waals surface area (Å²) in [6.07, 6.45) is 6.26. The quantitative estimate of drug-likeness (QED) is 0.710. The molecular weight excluding hydrogens is 256 g/mol. The molecule has 0 atom stereocenters. The standard InChI is InChI=1S/C14H24N4O2/c1-20-12-14(4-8-15-9-5-14)13(19)16-6-2-10-18-11-3-7-17-18/h3,7,11,15H,2,4-6,8-10,12H2,1H3,(H,16,19). The van der Waals surface area contributed by atoms with E-state index in [1.165, 1.54) is 0 Å². The Labute approximate surface area is 119 Å². The van der Waals surface area contributed by atoms with Crippen molar-refractivity contribution < 1.29 is 9.53 Å². The minimum atomic E-state index is -0.355. The molecule has 1 aliphatic rings. The molecule has 1 saturated heterocycles. The lowest BCUT2D eigenvalue weighted by atomic mass is 9.78. The van der Waals surface area contributed by atoms with E-state index in [1.54, 1.807) is 13.3 Å². The molecule has 0 saturated carbocycles. The number of nitrogens with one attached hydrogen (secondary N) is 2. The summed E-state index contributed by atoms with van der Waals surface area (Å²) in [7, 11) is 1.66. The predicted molar refractivity (Wildman–Crippen MR) is 76.3 cm³/mol. The minimum absolute atomic E-state index is 0.126. The molecule has 1 aromatic heterocycles. The summed E-state index contributed by atoms with van der Waals surface area (Å²) >= 11 is 0. The molecule has 0 spiro atoms. The maximum absolute atomic E-state index is 12.4. The second-order valence-electron chi connectivity index (χ2n) is 5.34. The van der Waals surface area contributed by atoms with E-state index in [2.05, 4.69) is 15.7 Å². The van der Waals surface area contributed by atoms with Gasteiger partial charge in [0.05, 0.1) is 12.0 Å². The molecular formula is C14H24N4O2. The van der Waals surface area contributed by atoms with Crippen molar-refractivity contribution in [2.45, 2.75) is 25.8 Å². The van der Waals surface area contributed by atoms with Crippen molar-refractivity contribution in [1.29, 1.82) is 0 Å². The monoisotopic (exact) mass is 280 g/mol. The maximum Gasteiger partial charge on any atom is 0.228 e. The SMILES string of the molecule is COCC1(C(=O)NCCCn2cccn2)CCNCC1. The van der Waals surface area contributed by atoms with Gasteiger partial charge in [-0.25, -0.2) is 0 Å². The molecule has 1 aliphatic heterocycles. The van der Waals surface area contributed by atoms with Crippen LogP contribution < -0.4 is 10.6 Å². The Morgan fingerprint density at radius 3 is 2.95 bits per heavy atom. The maximum atomic E-state index is 12.4. The van der Waals surface area contributed by atoms with Gasteiger partial charge in [0.15, 0.2) is 0 Å². The zero-order chi connectivity index (χ0) is 14.3. The largest absolute Gasteiger partial charge is 0.384 e. The fourth-order valence-corrected chi connectivity index (χ4v) is 2.68. The van der Waals surface area contributed by atoms with E-state index in [1.807, 2.05) is 16.9 Å². The van der Waals surface area contributed by atoms with Crippen molar-refractivity contribution >= 4 is 5.91 Å². The Bertz CT molecular complexity index is 394. The molecule has 0 bridgehead atoms. The molecule has 0 aliphatic carbocycles. The second-order valence-corrected chi connectivity index (χ2v) is 5.34. The topological polar surface area (TPSA) is 68.2 Å². The summed E-state index contributed by atoms with van der Waals surface area (Å²) in [5, 5.41) is 10.5. The molecule has 0 unspecified atom stereocenters. The predicted octanol–water partition coefficient (Wildman–Crippen LogP) is 0.406. The minimum Gasteiger partial charge on any atom is -0.384 e. The van der Waals surface area contributed by atoms with Gasteiger partial charge in [-0.3, -0.25) is 9.48 Å². The van der Waals surface area contributed by atoms with Gasteiger partial charge in [-0.15, -0.1) is 0 Å².